The molecule has 26 heavy (non-hydrogen) atoms. The predicted octanol–water partition coefficient (Wildman–Crippen LogP) is 3.32. The minimum Gasteiger partial charge on any atom is -0.482 e. The third kappa shape index (κ3) is 4.66. The van der Waals surface area contributed by atoms with Crippen LogP contribution in [0.5, 0.6) is 5.75 Å². The van der Waals surface area contributed by atoms with E-state index in [2.05, 4.69) is 0 Å². The molecule has 0 aliphatic rings. The van der Waals surface area contributed by atoms with E-state index < -0.39 is 23.3 Å². The number of Topliss-reactive ketones (excluding diaryl/α,β-unsaturated/α-hetero) is 1. The summed E-state index contributed by atoms with van der Waals surface area (Å²) in [6, 6.07) is 9.61. The van der Waals surface area contributed by atoms with Gasteiger partial charge >= 0.3 is 5.97 Å². The predicted molar refractivity (Wildman–Crippen MR) is 94.5 cm³/mol. The van der Waals surface area contributed by atoms with Crippen molar-refractivity contribution >= 4 is 17.4 Å². The normalized spacial score (nSPS) is 10.3. The molecule has 0 aliphatic carbocycles. The summed E-state index contributed by atoms with van der Waals surface area (Å²) >= 11 is 0. The van der Waals surface area contributed by atoms with Gasteiger partial charge in [0.2, 0.25) is 5.78 Å². The van der Waals surface area contributed by atoms with Gasteiger partial charge < -0.3 is 9.47 Å². The van der Waals surface area contributed by atoms with Gasteiger partial charge in [0.05, 0.1) is 4.92 Å². The number of nitrogens with zero attached hydrogens (tertiary/aromatic N) is 1. The number of aryl methyl sites for hydroxylation is 2. The number of hydrogen-bond donors (Lipinski definition) is 0. The third-order valence-electron chi connectivity index (χ3n) is 3.99. The first kappa shape index (κ1) is 19.1. The Labute approximate surface area is 150 Å². The van der Waals surface area contributed by atoms with Crippen molar-refractivity contribution in [3.8, 4) is 5.75 Å². The van der Waals surface area contributed by atoms with Crippen molar-refractivity contribution in [3.63, 3.8) is 0 Å². The molecule has 2 rings (SSSR count). The van der Waals surface area contributed by atoms with E-state index in [0.717, 1.165) is 11.1 Å². The maximum atomic E-state index is 12.1. The lowest BCUT2D eigenvalue weighted by Gasteiger charge is -2.10. The highest BCUT2D eigenvalue weighted by Crippen LogP contribution is 2.21. The summed E-state index contributed by atoms with van der Waals surface area (Å²) in [5.41, 5.74) is 2.37. The minimum absolute atomic E-state index is 0.116. The molecule has 0 fully saturated rings. The number of hydrogen-bond acceptors (Lipinski definition) is 6. The highest BCUT2D eigenvalue weighted by molar-refractivity contribution is 5.98. The molecule has 7 nitrogen and oxygen atoms in total. The van der Waals surface area contributed by atoms with Gasteiger partial charge in [-0.05, 0) is 38.0 Å². The van der Waals surface area contributed by atoms with Crippen LogP contribution < -0.4 is 4.74 Å². The van der Waals surface area contributed by atoms with E-state index in [0.29, 0.717) is 11.3 Å². The molecule has 0 amide bonds. The Morgan fingerprint density at radius 1 is 1.04 bits per heavy atom. The lowest BCUT2D eigenvalue weighted by Crippen LogP contribution is -2.20. The first-order valence-corrected chi connectivity index (χ1v) is 7.92. The molecule has 0 radical (unpaired) electrons. The van der Waals surface area contributed by atoms with Gasteiger partial charge in [0.15, 0.2) is 13.2 Å². The fraction of sp³-hybridized carbons (Fsp3) is 0.263. The number of nitro benzene ring substituents is 1. The topological polar surface area (TPSA) is 95.7 Å². The molecule has 0 saturated carbocycles. The molecule has 0 heterocycles. The van der Waals surface area contributed by atoms with Gasteiger partial charge in [-0.2, -0.15) is 0 Å². The fourth-order valence-electron chi connectivity index (χ4n) is 2.27. The quantitative estimate of drug-likeness (QED) is 0.326. The van der Waals surface area contributed by atoms with Crippen LogP contribution in [0.25, 0.3) is 0 Å². The second-order valence-corrected chi connectivity index (χ2v) is 5.83. The van der Waals surface area contributed by atoms with Crippen molar-refractivity contribution in [2.75, 3.05) is 13.2 Å². The van der Waals surface area contributed by atoms with E-state index in [-0.39, 0.29) is 17.9 Å². The summed E-state index contributed by atoms with van der Waals surface area (Å²) in [7, 11) is 0. The van der Waals surface area contributed by atoms with Crippen molar-refractivity contribution in [3.05, 3.63) is 68.8 Å². The number of ether oxygens (including phenoxy) is 2. The Hall–Kier alpha value is -3.22. The summed E-state index contributed by atoms with van der Waals surface area (Å²) in [6.45, 7) is 4.56. The molecular weight excluding hydrogens is 338 g/mol. The molecule has 0 spiro atoms. The average molecular weight is 357 g/mol. The molecule has 0 unspecified atom stereocenters. The molecule has 0 aliphatic heterocycles. The molecule has 0 atom stereocenters. The van der Waals surface area contributed by atoms with Gasteiger partial charge in [-0.1, -0.05) is 24.3 Å². The monoisotopic (exact) mass is 357 g/mol. The van der Waals surface area contributed by atoms with Crippen LogP contribution >= 0.6 is 0 Å². The van der Waals surface area contributed by atoms with E-state index >= 15 is 0 Å². The van der Waals surface area contributed by atoms with E-state index in [1.807, 2.05) is 26.0 Å². The standard InChI is InChI=1S/C19H19NO6/c1-12-5-4-6-18(14(12)3)25-11-19(22)26-10-17(21)15-8-7-13(2)16(9-15)20(23)24/h4-9H,10-11H2,1-3H3. The van der Waals surface area contributed by atoms with Gasteiger partial charge in [0.1, 0.15) is 5.75 Å². The van der Waals surface area contributed by atoms with Gasteiger partial charge in [0.25, 0.3) is 5.69 Å². The van der Waals surface area contributed by atoms with Crippen molar-refractivity contribution in [1.29, 1.82) is 0 Å². The lowest BCUT2D eigenvalue weighted by molar-refractivity contribution is -0.385. The largest absolute Gasteiger partial charge is 0.482 e. The highest BCUT2D eigenvalue weighted by Gasteiger charge is 2.16. The van der Waals surface area contributed by atoms with Crippen LogP contribution in [0.2, 0.25) is 0 Å². The highest BCUT2D eigenvalue weighted by atomic mass is 16.6. The number of esters is 1. The van der Waals surface area contributed by atoms with Crippen molar-refractivity contribution in [2.45, 2.75) is 20.8 Å². The third-order valence-corrected chi connectivity index (χ3v) is 3.99. The van der Waals surface area contributed by atoms with Gasteiger partial charge in [-0.25, -0.2) is 4.79 Å². The minimum atomic E-state index is -0.694. The molecular formula is C19H19NO6. The molecule has 136 valence electrons. The van der Waals surface area contributed by atoms with Gasteiger partial charge in [0, 0.05) is 17.2 Å². The Bertz CT molecular complexity index is 859. The second-order valence-electron chi connectivity index (χ2n) is 5.83. The molecule has 0 aromatic heterocycles. The smallest absolute Gasteiger partial charge is 0.344 e. The van der Waals surface area contributed by atoms with Crippen LogP contribution in [0.3, 0.4) is 0 Å². The zero-order chi connectivity index (χ0) is 19.3. The van der Waals surface area contributed by atoms with E-state index in [1.165, 1.54) is 18.2 Å². The number of carbonyl (C=O) groups excluding carboxylic acids is 2. The van der Waals surface area contributed by atoms with Crippen molar-refractivity contribution in [1.82, 2.24) is 0 Å². The Morgan fingerprint density at radius 3 is 2.46 bits per heavy atom. The Kier molecular flexibility index (Phi) is 6.06. The summed E-state index contributed by atoms with van der Waals surface area (Å²) in [5, 5.41) is 10.9. The second kappa shape index (κ2) is 8.24. The Morgan fingerprint density at radius 2 is 1.77 bits per heavy atom. The van der Waals surface area contributed by atoms with Gasteiger partial charge in [-0.3, -0.25) is 14.9 Å². The first-order chi connectivity index (χ1) is 12.3. The number of rotatable bonds is 7. The molecule has 0 bridgehead atoms. The Balaban J connectivity index is 1.91. The van der Waals surface area contributed by atoms with Crippen LogP contribution in [0.1, 0.15) is 27.0 Å². The number of benzene rings is 2. The average Bonchev–Trinajstić information content (AvgIpc) is 2.61. The lowest BCUT2D eigenvalue weighted by atomic mass is 10.1. The van der Waals surface area contributed by atoms with Crippen molar-refractivity contribution in [2.24, 2.45) is 0 Å². The molecule has 2 aromatic rings. The van der Waals surface area contributed by atoms with Crippen LogP contribution in [-0.4, -0.2) is 29.9 Å². The number of nitro groups is 1. The van der Waals surface area contributed by atoms with Crippen LogP contribution in [0, 0.1) is 30.9 Å². The SMILES string of the molecule is Cc1ccc(C(=O)COC(=O)COc2cccc(C)c2C)cc1[N+](=O)[O-]. The molecule has 7 heteroatoms. The van der Waals surface area contributed by atoms with E-state index in [9.17, 15) is 19.7 Å². The zero-order valence-electron chi connectivity index (χ0n) is 14.8. The summed E-state index contributed by atoms with van der Waals surface area (Å²) in [6.07, 6.45) is 0. The summed E-state index contributed by atoms with van der Waals surface area (Å²) in [5.74, 6) is -0.642. The molecule has 0 N–H and O–H groups in total. The maximum absolute atomic E-state index is 12.1. The zero-order valence-corrected chi connectivity index (χ0v) is 14.8. The van der Waals surface area contributed by atoms with Crippen molar-refractivity contribution < 1.29 is 24.0 Å². The first-order valence-electron chi connectivity index (χ1n) is 7.92. The molecule has 2 aromatic carbocycles. The number of carbonyl (C=O) groups is 2. The maximum Gasteiger partial charge on any atom is 0.344 e. The summed E-state index contributed by atoms with van der Waals surface area (Å²) in [4.78, 5) is 34.2. The van der Waals surface area contributed by atoms with Gasteiger partial charge in [-0.15, -0.1) is 0 Å². The fourth-order valence-corrected chi connectivity index (χ4v) is 2.27. The van der Waals surface area contributed by atoms with Crippen LogP contribution in [0.15, 0.2) is 36.4 Å². The van der Waals surface area contributed by atoms with E-state index in [1.54, 1.807) is 13.0 Å². The van der Waals surface area contributed by atoms with Crippen LogP contribution in [-0.2, 0) is 9.53 Å². The molecule has 0 saturated heterocycles. The summed E-state index contributed by atoms with van der Waals surface area (Å²) < 4.78 is 10.3. The van der Waals surface area contributed by atoms with Crippen LogP contribution in [0.4, 0.5) is 5.69 Å². The number of ketones is 1. The van der Waals surface area contributed by atoms with E-state index in [4.69, 9.17) is 9.47 Å².